The lowest BCUT2D eigenvalue weighted by atomic mass is 9.96. The topological polar surface area (TPSA) is 78.2 Å². The SMILES string of the molecule is CCOc1cccc(C2c3c(oc4cc(C)cc(C)c4c3=O)C(=O)N2CCc2ccc(OC)c(OC)c2)c1. The van der Waals surface area contributed by atoms with E-state index in [4.69, 9.17) is 18.6 Å². The van der Waals surface area contributed by atoms with Crippen LogP contribution in [-0.2, 0) is 6.42 Å². The Hall–Kier alpha value is -4.26. The van der Waals surface area contributed by atoms with Gasteiger partial charge in [-0.05, 0) is 79.8 Å². The maximum absolute atomic E-state index is 14.0. The summed E-state index contributed by atoms with van der Waals surface area (Å²) in [7, 11) is 3.19. The summed E-state index contributed by atoms with van der Waals surface area (Å²) in [6, 6.07) is 16.4. The summed E-state index contributed by atoms with van der Waals surface area (Å²) < 4.78 is 22.7. The minimum atomic E-state index is -0.598. The molecule has 1 aromatic heterocycles. The minimum Gasteiger partial charge on any atom is -0.494 e. The quantitative estimate of drug-likeness (QED) is 0.305. The van der Waals surface area contributed by atoms with Gasteiger partial charge in [-0.1, -0.05) is 24.3 Å². The monoisotopic (exact) mass is 513 g/mol. The molecule has 7 nitrogen and oxygen atoms in total. The Labute approximate surface area is 221 Å². The number of ether oxygens (including phenoxy) is 3. The minimum absolute atomic E-state index is 0.103. The number of aryl methyl sites for hydroxylation is 2. The average Bonchev–Trinajstić information content (AvgIpc) is 3.18. The highest BCUT2D eigenvalue weighted by Gasteiger charge is 2.42. The molecule has 0 fully saturated rings. The van der Waals surface area contributed by atoms with E-state index in [9.17, 15) is 9.59 Å². The zero-order chi connectivity index (χ0) is 27.0. The summed E-state index contributed by atoms with van der Waals surface area (Å²) >= 11 is 0. The second kappa shape index (κ2) is 10.2. The van der Waals surface area contributed by atoms with Crippen molar-refractivity contribution in [3.8, 4) is 17.2 Å². The van der Waals surface area contributed by atoms with Crippen LogP contribution in [-0.4, -0.2) is 38.2 Å². The number of benzene rings is 3. The van der Waals surface area contributed by atoms with Crippen LogP contribution in [0.4, 0.5) is 0 Å². The first-order valence-electron chi connectivity index (χ1n) is 12.7. The largest absolute Gasteiger partial charge is 0.494 e. The average molecular weight is 514 g/mol. The van der Waals surface area contributed by atoms with Crippen molar-refractivity contribution in [2.24, 2.45) is 0 Å². The fourth-order valence-corrected chi connectivity index (χ4v) is 5.32. The second-order valence-corrected chi connectivity index (χ2v) is 9.47. The van der Waals surface area contributed by atoms with Gasteiger partial charge in [0.05, 0.1) is 37.8 Å². The number of methoxy groups -OCH3 is 2. The third-order valence-electron chi connectivity index (χ3n) is 6.99. The number of fused-ring (bicyclic) bond motifs is 2. The molecule has 0 bridgehead atoms. The molecule has 0 spiro atoms. The molecular weight excluding hydrogens is 482 g/mol. The molecule has 0 saturated heterocycles. The Morgan fingerprint density at radius 1 is 0.947 bits per heavy atom. The van der Waals surface area contributed by atoms with Crippen LogP contribution >= 0.6 is 0 Å². The van der Waals surface area contributed by atoms with Crippen LogP contribution in [0.25, 0.3) is 11.0 Å². The van der Waals surface area contributed by atoms with Crippen LogP contribution in [0.1, 0.15) is 51.3 Å². The van der Waals surface area contributed by atoms with Gasteiger partial charge in [-0.3, -0.25) is 9.59 Å². The van der Waals surface area contributed by atoms with Crippen LogP contribution in [0.2, 0.25) is 0 Å². The van der Waals surface area contributed by atoms with Crippen molar-refractivity contribution in [1.82, 2.24) is 4.90 Å². The van der Waals surface area contributed by atoms with E-state index in [0.29, 0.717) is 53.4 Å². The smallest absolute Gasteiger partial charge is 0.290 e. The van der Waals surface area contributed by atoms with Gasteiger partial charge in [0.15, 0.2) is 16.9 Å². The van der Waals surface area contributed by atoms with Gasteiger partial charge in [0.25, 0.3) is 5.91 Å². The maximum atomic E-state index is 14.0. The molecule has 1 aliphatic rings. The molecule has 1 atom stereocenters. The first-order chi connectivity index (χ1) is 18.4. The summed E-state index contributed by atoms with van der Waals surface area (Å²) in [4.78, 5) is 29.5. The summed E-state index contributed by atoms with van der Waals surface area (Å²) in [6.45, 7) is 6.64. The lowest BCUT2D eigenvalue weighted by molar-refractivity contribution is 0.0729. The molecule has 1 amide bonds. The van der Waals surface area contributed by atoms with Gasteiger partial charge in [0.2, 0.25) is 5.76 Å². The molecule has 7 heteroatoms. The summed E-state index contributed by atoms with van der Waals surface area (Å²) in [6.07, 6.45) is 0.549. The van der Waals surface area contributed by atoms with E-state index in [1.54, 1.807) is 19.1 Å². The first kappa shape index (κ1) is 25.4. The normalized spacial score (nSPS) is 14.6. The van der Waals surface area contributed by atoms with Gasteiger partial charge in [-0.15, -0.1) is 0 Å². The van der Waals surface area contributed by atoms with E-state index in [0.717, 1.165) is 22.3 Å². The number of carbonyl (C=O) groups is 1. The number of hydrogen-bond donors (Lipinski definition) is 0. The van der Waals surface area contributed by atoms with Crippen LogP contribution in [0, 0.1) is 13.8 Å². The Bertz CT molecular complexity index is 1590. The van der Waals surface area contributed by atoms with Crippen LogP contribution in [0.15, 0.2) is 63.8 Å². The van der Waals surface area contributed by atoms with E-state index in [1.165, 1.54) is 0 Å². The molecule has 2 heterocycles. The van der Waals surface area contributed by atoms with Crippen LogP contribution in [0.3, 0.4) is 0 Å². The highest BCUT2D eigenvalue weighted by Crippen LogP contribution is 2.40. The number of rotatable bonds is 8. The molecule has 4 aromatic rings. The Morgan fingerprint density at radius 3 is 2.47 bits per heavy atom. The molecule has 0 radical (unpaired) electrons. The van der Waals surface area contributed by atoms with E-state index < -0.39 is 6.04 Å². The fourth-order valence-electron chi connectivity index (χ4n) is 5.32. The van der Waals surface area contributed by atoms with E-state index in [-0.39, 0.29) is 17.1 Å². The van der Waals surface area contributed by atoms with Gasteiger partial charge < -0.3 is 23.5 Å². The van der Waals surface area contributed by atoms with Gasteiger partial charge in [0.1, 0.15) is 11.3 Å². The molecular formula is C31H31NO6. The molecule has 0 aliphatic carbocycles. The predicted molar refractivity (Wildman–Crippen MR) is 146 cm³/mol. The number of carbonyl (C=O) groups excluding carboxylic acids is 1. The Morgan fingerprint density at radius 2 is 1.74 bits per heavy atom. The van der Waals surface area contributed by atoms with Crippen LogP contribution in [0.5, 0.6) is 17.2 Å². The third kappa shape index (κ3) is 4.38. The standard InChI is InChI=1S/C31H31NO6/c1-6-37-22-9-7-8-21(17-22)28-27-29(33)26-19(3)14-18(2)15-25(26)38-30(27)31(34)32(28)13-12-20-10-11-23(35-4)24(16-20)36-5/h7-11,14-17,28H,6,12-13H2,1-5H3. The van der Waals surface area contributed by atoms with Crippen molar-refractivity contribution < 1.29 is 23.4 Å². The Balaban J connectivity index is 1.62. The van der Waals surface area contributed by atoms with Crippen molar-refractivity contribution in [2.75, 3.05) is 27.4 Å². The van der Waals surface area contributed by atoms with Crippen molar-refractivity contribution in [1.29, 1.82) is 0 Å². The molecule has 0 saturated carbocycles. The maximum Gasteiger partial charge on any atom is 0.290 e. The lowest BCUT2D eigenvalue weighted by Gasteiger charge is -2.25. The molecule has 196 valence electrons. The highest BCUT2D eigenvalue weighted by molar-refractivity contribution is 5.99. The molecule has 38 heavy (non-hydrogen) atoms. The molecule has 3 aromatic carbocycles. The van der Waals surface area contributed by atoms with Gasteiger partial charge in [-0.2, -0.15) is 0 Å². The zero-order valence-corrected chi connectivity index (χ0v) is 22.3. The van der Waals surface area contributed by atoms with Gasteiger partial charge >= 0.3 is 0 Å². The highest BCUT2D eigenvalue weighted by atomic mass is 16.5. The summed E-state index contributed by atoms with van der Waals surface area (Å²) in [5.41, 5.74) is 4.20. The second-order valence-electron chi connectivity index (χ2n) is 9.47. The van der Waals surface area contributed by atoms with Crippen molar-refractivity contribution in [2.45, 2.75) is 33.2 Å². The lowest BCUT2D eigenvalue weighted by Crippen LogP contribution is -2.31. The molecule has 1 unspecified atom stereocenters. The fraction of sp³-hybridized carbons (Fsp3) is 0.290. The number of hydrogen-bond acceptors (Lipinski definition) is 6. The van der Waals surface area contributed by atoms with E-state index >= 15 is 0 Å². The predicted octanol–water partition coefficient (Wildman–Crippen LogP) is 5.61. The zero-order valence-electron chi connectivity index (χ0n) is 22.3. The van der Waals surface area contributed by atoms with Crippen molar-refractivity contribution in [3.05, 3.63) is 98.4 Å². The number of nitrogens with zero attached hydrogens (tertiary/aromatic N) is 1. The van der Waals surface area contributed by atoms with Gasteiger partial charge in [-0.25, -0.2) is 0 Å². The molecule has 0 N–H and O–H groups in total. The van der Waals surface area contributed by atoms with E-state index in [2.05, 4.69) is 0 Å². The summed E-state index contributed by atoms with van der Waals surface area (Å²) in [5, 5.41) is 0.509. The van der Waals surface area contributed by atoms with Crippen molar-refractivity contribution in [3.63, 3.8) is 0 Å². The molecule has 1 aliphatic heterocycles. The van der Waals surface area contributed by atoms with Crippen molar-refractivity contribution >= 4 is 16.9 Å². The number of amides is 1. The molecule has 5 rings (SSSR count). The first-order valence-corrected chi connectivity index (χ1v) is 12.7. The third-order valence-corrected chi connectivity index (χ3v) is 6.99. The Kier molecular flexibility index (Phi) is 6.85. The van der Waals surface area contributed by atoms with E-state index in [1.807, 2.05) is 75.4 Å². The van der Waals surface area contributed by atoms with Crippen LogP contribution < -0.4 is 19.6 Å². The summed E-state index contributed by atoms with van der Waals surface area (Å²) in [5.74, 6) is 1.74. The van der Waals surface area contributed by atoms with Gasteiger partial charge in [0, 0.05) is 6.54 Å².